The molecule has 0 unspecified atom stereocenters. The summed E-state index contributed by atoms with van der Waals surface area (Å²) in [6, 6.07) is 19.3. The molecule has 5 nitrogen and oxygen atoms in total. The molecule has 0 saturated carbocycles. The maximum Gasteiger partial charge on any atom is 0.261 e. The number of methoxy groups -OCH3 is 1. The lowest BCUT2D eigenvalue weighted by atomic mass is 10.1. The Kier molecular flexibility index (Phi) is 6.31. The van der Waals surface area contributed by atoms with Gasteiger partial charge in [-0.15, -0.1) is 11.3 Å². The number of nitrogens with one attached hydrogen (secondary N) is 2. The second-order valence-electron chi connectivity index (χ2n) is 6.74. The number of rotatable bonds is 4. The molecule has 0 aliphatic carbocycles. The number of halogens is 1. The van der Waals surface area contributed by atoms with E-state index in [1.54, 1.807) is 17.4 Å². The van der Waals surface area contributed by atoms with E-state index < -0.39 is 0 Å². The van der Waals surface area contributed by atoms with E-state index >= 15 is 0 Å². The average Bonchev–Trinajstić information content (AvgIpc) is 3.17. The third-order valence-corrected chi connectivity index (χ3v) is 6.35. The van der Waals surface area contributed by atoms with Gasteiger partial charge in [0.2, 0.25) is 0 Å². The number of nitrogens with zero attached hydrogens (tertiary/aromatic N) is 1. The fraction of sp³-hybridized carbons (Fsp3) is 0.0870. The van der Waals surface area contributed by atoms with Crippen LogP contribution in [0.15, 0.2) is 65.1 Å². The number of fused-ring (bicyclic) bond motifs is 1. The maximum atomic E-state index is 12.9. The van der Waals surface area contributed by atoms with Crippen molar-refractivity contribution in [3.8, 4) is 16.3 Å². The monoisotopic (exact) mass is 511 g/mol. The van der Waals surface area contributed by atoms with Gasteiger partial charge in [0.25, 0.3) is 5.91 Å². The van der Waals surface area contributed by atoms with E-state index in [-0.39, 0.29) is 11.0 Å². The Morgan fingerprint density at radius 1 is 1.13 bits per heavy atom. The van der Waals surface area contributed by atoms with Gasteiger partial charge in [-0.05, 0) is 61.1 Å². The molecule has 31 heavy (non-hydrogen) atoms. The van der Waals surface area contributed by atoms with E-state index in [2.05, 4.69) is 26.6 Å². The molecule has 0 aliphatic rings. The third-order valence-electron chi connectivity index (χ3n) is 4.61. The topological polar surface area (TPSA) is 63.2 Å². The first-order valence-electron chi connectivity index (χ1n) is 9.37. The van der Waals surface area contributed by atoms with Crippen LogP contribution >= 0.6 is 39.5 Å². The minimum absolute atomic E-state index is 0.193. The number of benzene rings is 3. The van der Waals surface area contributed by atoms with Crippen LogP contribution in [0.3, 0.4) is 0 Å². The number of thiazole rings is 1. The van der Waals surface area contributed by atoms with E-state index in [9.17, 15) is 4.79 Å². The summed E-state index contributed by atoms with van der Waals surface area (Å²) in [5.41, 5.74) is 3.88. The molecule has 8 heteroatoms. The summed E-state index contributed by atoms with van der Waals surface area (Å²) < 4.78 is 7.30. The lowest BCUT2D eigenvalue weighted by molar-refractivity contribution is 0.0974. The van der Waals surface area contributed by atoms with Gasteiger partial charge in [0.1, 0.15) is 10.8 Å². The van der Waals surface area contributed by atoms with Crippen molar-refractivity contribution in [1.29, 1.82) is 0 Å². The molecule has 0 aliphatic heterocycles. The van der Waals surface area contributed by atoms with Crippen LogP contribution in [-0.2, 0) is 0 Å². The van der Waals surface area contributed by atoms with Crippen molar-refractivity contribution in [3.63, 3.8) is 0 Å². The molecule has 4 rings (SSSR count). The number of anilines is 1. The van der Waals surface area contributed by atoms with E-state index in [0.29, 0.717) is 11.3 Å². The number of carbonyl (C=O) groups is 1. The Morgan fingerprint density at radius 2 is 1.87 bits per heavy atom. The van der Waals surface area contributed by atoms with Crippen LogP contribution in [-0.4, -0.2) is 23.1 Å². The lowest BCUT2D eigenvalue weighted by Gasteiger charge is -2.15. The Balaban J connectivity index is 1.57. The van der Waals surface area contributed by atoms with Gasteiger partial charge >= 0.3 is 0 Å². The quantitative estimate of drug-likeness (QED) is 0.320. The van der Waals surface area contributed by atoms with Crippen molar-refractivity contribution in [2.75, 3.05) is 12.4 Å². The van der Waals surface area contributed by atoms with Crippen LogP contribution in [0.25, 0.3) is 20.8 Å². The number of amides is 1. The zero-order valence-corrected chi connectivity index (χ0v) is 20.0. The van der Waals surface area contributed by atoms with Crippen molar-refractivity contribution in [1.82, 2.24) is 10.3 Å². The molecule has 2 N–H and O–H groups in total. The van der Waals surface area contributed by atoms with E-state index in [1.165, 1.54) is 7.11 Å². The second kappa shape index (κ2) is 9.13. The van der Waals surface area contributed by atoms with E-state index in [1.807, 2.05) is 61.5 Å². The first kappa shape index (κ1) is 21.4. The van der Waals surface area contributed by atoms with Crippen molar-refractivity contribution in [2.24, 2.45) is 0 Å². The fourth-order valence-corrected chi connectivity index (χ4v) is 5.04. The highest BCUT2D eigenvalue weighted by Crippen LogP contribution is 2.34. The summed E-state index contributed by atoms with van der Waals surface area (Å²) in [7, 11) is 1.54. The number of thiocarbonyl (C=S) groups is 1. The number of aromatic nitrogens is 1. The smallest absolute Gasteiger partial charge is 0.261 e. The van der Waals surface area contributed by atoms with Crippen molar-refractivity contribution in [3.05, 3.63) is 76.3 Å². The van der Waals surface area contributed by atoms with E-state index in [4.69, 9.17) is 21.9 Å². The molecular weight excluding hydrogens is 494 g/mol. The zero-order valence-electron chi connectivity index (χ0n) is 16.7. The van der Waals surface area contributed by atoms with Crippen LogP contribution in [0.1, 0.15) is 15.9 Å². The minimum atomic E-state index is -0.351. The number of ether oxygens (including phenoxy) is 1. The van der Waals surface area contributed by atoms with Gasteiger partial charge in [-0.1, -0.05) is 40.2 Å². The van der Waals surface area contributed by atoms with Crippen LogP contribution in [0.4, 0.5) is 5.69 Å². The van der Waals surface area contributed by atoms with Gasteiger partial charge in [0.05, 0.1) is 28.6 Å². The number of para-hydroxylation sites is 2. The summed E-state index contributed by atoms with van der Waals surface area (Å²) in [5.74, 6) is 0.162. The zero-order chi connectivity index (χ0) is 22.0. The first-order valence-corrected chi connectivity index (χ1v) is 11.4. The molecule has 0 saturated heterocycles. The van der Waals surface area contributed by atoms with Gasteiger partial charge in [-0.25, -0.2) is 4.98 Å². The highest BCUT2D eigenvalue weighted by molar-refractivity contribution is 9.10. The van der Waals surface area contributed by atoms with Gasteiger partial charge in [0.15, 0.2) is 5.11 Å². The maximum absolute atomic E-state index is 12.9. The standard InChI is InChI=1S/C23H18BrN3O2S2/c1-13-11-14(24)12-16(20(13)29-2)21(28)27-23(30)26-17-8-4-3-7-15(17)22-25-18-9-5-6-10-19(18)31-22/h3-12H,1-2H3,(H2,26,27,28,30). The molecule has 0 bridgehead atoms. The molecule has 3 aromatic carbocycles. The number of carbonyl (C=O) groups excluding carboxylic acids is 1. The Morgan fingerprint density at radius 3 is 2.65 bits per heavy atom. The van der Waals surface area contributed by atoms with Gasteiger partial charge in [0, 0.05) is 10.0 Å². The summed E-state index contributed by atoms with van der Waals surface area (Å²) in [5, 5.41) is 6.95. The normalized spacial score (nSPS) is 10.7. The van der Waals surface area contributed by atoms with Crippen molar-refractivity contribution in [2.45, 2.75) is 6.92 Å². The summed E-state index contributed by atoms with van der Waals surface area (Å²) >= 11 is 10.5. The molecule has 0 fully saturated rings. The minimum Gasteiger partial charge on any atom is -0.496 e. The highest BCUT2D eigenvalue weighted by Gasteiger charge is 2.18. The Hall–Kier alpha value is -2.81. The van der Waals surface area contributed by atoms with Crippen molar-refractivity contribution >= 4 is 66.4 Å². The number of hydrogen-bond donors (Lipinski definition) is 2. The molecule has 1 aromatic heterocycles. The largest absolute Gasteiger partial charge is 0.496 e. The predicted molar refractivity (Wildman–Crippen MR) is 134 cm³/mol. The van der Waals surface area contributed by atoms with E-state index in [0.717, 1.165) is 36.5 Å². The summed E-state index contributed by atoms with van der Waals surface area (Å²) in [6.45, 7) is 1.88. The van der Waals surface area contributed by atoms with Gasteiger partial charge in [-0.3, -0.25) is 10.1 Å². The summed E-state index contributed by atoms with van der Waals surface area (Å²) in [4.78, 5) is 17.6. The molecule has 0 spiro atoms. The molecule has 156 valence electrons. The second-order valence-corrected chi connectivity index (χ2v) is 9.10. The number of hydrogen-bond acceptors (Lipinski definition) is 5. The Labute approximate surface area is 197 Å². The lowest BCUT2D eigenvalue weighted by Crippen LogP contribution is -2.34. The third kappa shape index (κ3) is 4.61. The summed E-state index contributed by atoms with van der Waals surface area (Å²) in [6.07, 6.45) is 0. The molecule has 0 atom stereocenters. The van der Waals surface area contributed by atoms with Crippen LogP contribution in [0, 0.1) is 6.92 Å². The fourth-order valence-electron chi connectivity index (χ4n) is 3.26. The molecule has 0 radical (unpaired) electrons. The predicted octanol–water partition coefficient (Wildman–Crippen LogP) is 6.17. The van der Waals surface area contributed by atoms with Crippen LogP contribution < -0.4 is 15.4 Å². The molecule has 1 amide bonds. The van der Waals surface area contributed by atoms with Crippen molar-refractivity contribution < 1.29 is 9.53 Å². The molecule has 4 aromatic rings. The average molecular weight is 512 g/mol. The van der Waals surface area contributed by atoms with Crippen LogP contribution in [0.5, 0.6) is 5.75 Å². The van der Waals surface area contributed by atoms with Crippen LogP contribution in [0.2, 0.25) is 0 Å². The van der Waals surface area contributed by atoms with Gasteiger partial charge in [-0.2, -0.15) is 0 Å². The molecular formula is C23H18BrN3O2S2. The first-order chi connectivity index (χ1) is 15.0. The Bertz CT molecular complexity index is 1270. The number of aryl methyl sites for hydroxylation is 1. The SMILES string of the molecule is COc1c(C)cc(Br)cc1C(=O)NC(=S)Nc1ccccc1-c1nc2ccccc2s1. The van der Waals surface area contributed by atoms with Gasteiger partial charge < -0.3 is 10.1 Å². The molecule has 1 heterocycles. The highest BCUT2D eigenvalue weighted by atomic mass is 79.9.